The molecule has 0 aliphatic carbocycles. The maximum absolute atomic E-state index is 10.2. The minimum absolute atomic E-state index is 0.369. The Bertz CT molecular complexity index is 156. The summed E-state index contributed by atoms with van der Waals surface area (Å²) in [5, 5.41) is 0. The summed E-state index contributed by atoms with van der Waals surface area (Å²) in [6, 6.07) is 0. The number of unbranched alkanes of at least 4 members (excludes halogenated alkanes) is 7. The second kappa shape index (κ2) is 10.0. The predicted octanol–water partition coefficient (Wildman–Crippen LogP) is 2.55. The molecule has 79 valence electrons. The van der Waals surface area contributed by atoms with Gasteiger partial charge in [-0.3, -0.25) is 0 Å². The van der Waals surface area contributed by atoms with Crippen molar-refractivity contribution in [2.24, 2.45) is 0 Å². The molecule has 0 spiro atoms. The van der Waals surface area contributed by atoms with Gasteiger partial charge in [0.2, 0.25) is 0 Å². The fourth-order valence-electron chi connectivity index (χ4n) is 1.30. The fraction of sp³-hybridized carbons (Fsp3) is 0.900. The fourth-order valence-corrected chi connectivity index (χ4v) is 1.78. The summed E-state index contributed by atoms with van der Waals surface area (Å²) in [4.78, 5) is 0. The van der Waals surface area contributed by atoms with Crippen molar-refractivity contribution in [2.45, 2.75) is 51.4 Å². The molecule has 0 aromatic carbocycles. The lowest BCUT2D eigenvalue weighted by Gasteiger charge is -1.98. The molecule has 0 N–H and O–H groups in total. The second-order valence-electron chi connectivity index (χ2n) is 3.38. The quantitative estimate of drug-likeness (QED) is 0.463. The van der Waals surface area contributed by atoms with Crippen LogP contribution in [0.3, 0.4) is 0 Å². The van der Waals surface area contributed by atoms with E-state index in [4.69, 9.17) is 0 Å². The molecule has 1 radical (unpaired) electrons. The molecule has 0 aromatic heterocycles. The van der Waals surface area contributed by atoms with E-state index in [1.165, 1.54) is 32.1 Å². The molecular formula is C10H21O2S. The smallest absolute Gasteiger partial charge is 0.140 e. The topological polar surface area (TPSA) is 34.1 Å². The summed E-state index contributed by atoms with van der Waals surface area (Å²) in [7, 11) is -2.14. The van der Waals surface area contributed by atoms with Crippen LogP contribution in [0, 0.1) is 6.92 Å². The normalized spacial score (nSPS) is 10.9. The van der Waals surface area contributed by atoms with Crippen LogP contribution in [0.4, 0.5) is 0 Å². The van der Waals surface area contributed by atoms with E-state index in [9.17, 15) is 8.42 Å². The zero-order valence-electron chi connectivity index (χ0n) is 8.33. The van der Waals surface area contributed by atoms with E-state index in [1.807, 2.05) is 0 Å². The van der Waals surface area contributed by atoms with Gasteiger partial charge in [-0.1, -0.05) is 51.9 Å². The Hall–Kier alpha value is -0.0500. The first-order valence-corrected chi connectivity index (χ1v) is 6.54. The van der Waals surface area contributed by atoms with E-state index in [0.717, 1.165) is 19.3 Å². The number of rotatable bonds is 9. The Balaban J connectivity index is 2.91. The van der Waals surface area contributed by atoms with Gasteiger partial charge in [0.15, 0.2) is 0 Å². The third-order valence-electron chi connectivity index (χ3n) is 2.09. The first-order chi connectivity index (χ1) is 6.27. The number of hydrogen-bond donors (Lipinski definition) is 1. The van der Waals surface area contributed by atoms with E-state index >= 15 is 0 Å². The summed E-state index contributed by atoms with van der Waals surface area (Å²) in [5.74, 6) is 0.369. The molecular weight excluding hydrogens is 184 g/mol. The molecule has 0 atom stereocenters. The summed E-state index contributed by atoms with van der Waals surface area (Å²) >= 11 is 0. The Labute approximate surface area is 83.7 Å². The van der Waals surface area contributed by atoms with E-state index < -0.39 is 10.7 Å². The van der Waals surface area contributed by atoms with Crippen molar-refractivity contribution in [3.8, 4) is 0 Å². The van der Waals surface area contributed by atoms with Gasteiger partial charge in [-0.2, -0.15) is 0 Å². The van der Waals surface area contributed by atoms with Gasteiger partial charge in [0.1, 0.15) is 10.7 Å². The summed E-state index contributed by atoms with van der Waals surface area (Å²) in [6.07, 6.45) is 9.15. The summed E-state index contributed by atoms with van der Waals surface area (Å²) < 4.78 is 20.4. The Morgan fingerprint density at radius 2 is 1.23 bits per heavy atom. The van der Waals surface area contributed by atoms with Crippen molar-refractivity contribution >= 4 is 10.7 Å². The molecule has 0 aliphatic rings. The summed E-state index contributed by atoms with van der Waals surface area (Å²) in [5.41, 5.74) is 0. The van der Waals surface area contributed by atoms with Crippen LogP contribution in [0.2, 0.25) is 0 Å². The molecule has 3 heteroatoms. The third-order valence-corrected chi connectivity index (χ3v) is 2.77. The maximum atomic E-state index is 10.2. The van der Waals surface area contributed by atoms with Crippen LogP contribution in [0.15, 0.2) is 0 Å². The molecule has 0 saturated heterocycles. The first kappa shape index (κ1) is 12.9. The third kappa shape index (κ3) is 12.0. The monoisotopic (exact) mass is 205 g/mol. The van der Waals surface area contributed by atoms with Gasteiger partial charge in [-0.25, -0.2) is 8.42 Å². The average molecular weight is 205 g/mol. The van der Waals surface area contributed by atoms with Crippen LogP contribution in [-0.2, 0) is 10.7 Å². The maximum Gasteiger partial charge on any atom is 0.140 e. The second-order valence-corrected chi connectivity index (χ2v) is 4.50. The van der Waals surface area contributed by atoms with Gasteiger partial charge >= 0.3 is 0 Å². The van der Waals surface area contributed by atoms with Gasteiger partial charge in [0.05, 0.1) is 0 Å². The molecule has 2 nitrogen and oxygen atoms in total. The van der Waals surface area contributed by atoms with Crippen LogP contribution < -0.4 is 0 Å². The van der Waals surface area contributed by atoms with Crippen LogP contribution in [0.25, 0.3) is 0 Å². The molecule has 0 saturated carbocycles. The lowest BCUT2D eigenvalue weighted by atomic mass is 10.1. The summed E-state index contributed by atoms with van der Waals surface area (Å²) in [6.45, 7) is 3.79. The minimum atomic E-state index is -2.14. The lowest BCUT2D eigenvalue weighted by Crippen LogP contribution is -1.87. The van der Waals surface area contributed by atoms with Gasteiger partial charge < -0.3 is 0 Å². The SMILES string of the molecule is [CH2]CCCCCCCCC[SH](=O)=O. The van der Waals surface area contributed by atoms with Crippen molar-refractivity contribution in [1.29, 1.82) is 0 Å². The molecule has 0 heterocycles. The average Bonchev–Trinajstić information content (AvgIpc) is 2.09. The molecule has 0 rings (SSSR count). The Kier molecular flexibility index (Phi) is 10.00. The molecule has 0 aromatic rings. The highest BCUT2D eigenvalue weighted by Gasteiger charge is 1.91. The van der Waals surface area contributed by atoms with E-state index in [1.54, 1.807) is 0 Å². The van der Waals surface area contributed by atoms with Crippen molar-refractivity contribution in [1.82, 2.24) is 0 Å². The standard InChI is InChI=1S/C10H21O2S/c1-2-3-4-5-6-7-8-9-10-13(11)12/h13H,1-10H2. The molecule has 0 amide bonds. The molecule has 0 fully saturated rings. The van der Waals surface area contributed by atoms with E-state index in [2.05, 4.69) is 6.92 Å². The van der Waals surface area contributed by atoms with Crippen molar-refractivity contribution in [3.05, 3.63) is 6.92 Å². The lowest BCUT2D eigenvalue weighted by molar-refractivity contribution is 0.584. The predicted molar refractivity (Wildman–Crippen MR) is 57.5 cm³/mol. The zero-order chi connectivity index (χ0) is 9.94. The minimum Gasteiger partial charge on any atom is -0.232 e. The molecule has 13 heavy (non-hydrogen) atoms. The Morgan fingerprint density at radius 3 is 1.69 bits per heavy atom. The number of hydrogen-bond acceptors (Lipinski definition) is 2. The molecule has 0 bridgehead atoms. The highest BCUT2D eigenvalue weighted by molar-refractivity contribution is 7.72. The zero-order valence-corrected chi connectivity index (χ0v) is 9.23. The van der Waals surface area contributed by atoms with E-state index in [0.29, 0.717) is 5.75 Å². The number of thiol groups is 1. The van der Waals surface area contributed by atoms with Crippen LogP contribution >= 0.6 is 0 Å². The highest BCUT2D eigenvalue weighted by Crippen LogP contribution is 2.07. The van der Waals surface area contributed by atoms with Gasteiger partial charge in [0.25, 0.3) is 0 Å². The van der Waals surface area contributed by atoms with Crippen molar-refractivity contribution < 1.29 is 8.42 Å². The van der Waals surface area contributed by atoms with Gasteiger partial charge in [0, 0.05) is 5.75 Å². The Morgan fingerprint density at radius 1 is 0.769 bits per heavy atom. The molecule has 0 unspecified atom stereocenters. The van der Waals surface area contributed by atoms with Crippen LogP contribution in [0.1, 0.15) is 51.4 Å². The molecule has 0 aliphatic heterocycles. The van der Waals surface area contributed by atoms with Gasteiger partial charge in [-0.05, 0) is 6.42 Å². The van der Waals surface area contributed by atoms with Gasteiger partial charge in [-0.15, -0.1) is 0 Å². The van der Waals surface area contributed by atoms with Crippen LogP contribution in [0.5, 0.6) is 0 Å². The first-order valence-electron chi connectivity index (χ1n) is 5.18. The van der Waals surface area contributed by atoms with Crippen molar-refractivity contribution in [3.63, 3.8) is 0 Å². The van der Waals surface area contributed by atoms with E-state index in [-0.39, 0.29) is 0 Å². The highest BCUT2D eigenvalue weighted by atomic mass is 32.2. The largest absolute Gasteiger partial charge is 0.232 e. The van der Waals surface area contributed by atoms with Crippen molar-refractivity contribution in [2.75, 3.05) is 5.75 Å². The van der Waals surface area contributed by atoms with Crippen LogP contribution in [-0.4, -0.2) is 14.2 Å².